The number of benzene rings is 1. The van der Waals surface area contributed by atoms with E-state index < -0.39 is 0 Å². The Hall–Kier alpha value is -2.41. The van der Waals surface area contributed by atoms with Crippen molar-refractivity contribution >= 4 is 29.1 Å². The molecular formula is C20H27N5OS. The Morgan fingerprint density at radius 2 is 2.07 bits per heavy atom. The van der Waals surface area contributed by atoms with Gasteiger partial charge in [0, 0.05) is 31.4 Å². The van der Waals surface area contributed by atoms with Crippen LogP contribution >= 0.6 is 12.2 Å². The Kier molecular flexibility index (Phi) is 6.45. The van der Waals surface area contributed by atoms with Crippen LogP contribution in [0.25, 0.3) is 0 Å². The molecule has 1 aliphatic rings. The van der Waals surface area contributed by atoms with E-state index >= 15 is 0 Å². The van der Waals surface area contributed by atoms with Gasteiger partial charge in [0.25, 0.3) is 0 Å². The van der Waals surface area contributed by atoms with Crippen LogP contribution in [0.3, 0.4) is 0 Å². The number of piperidine rings is 1. The van der Waals surface area contributed by atoms with Crippen molar-refractivity contribution in [2.24, 2.45) is 5.92 Å². The van der Waals surface area contributed by atoms with E-state index in [1.807, 2.05) is 37.3 Å². The van der Waals surface area contributed by atoms with E-state index in [4.69, 9.17) is 17.0 Å². The van der Waals surface area contributed by atoms with Crippen LogP contribution in [0, 0.1) is 12.8 Å². The second kappa shape index (κ2) is 8.99. The van der Waals surface area contributed by atoms with Gasteiger partial charge >= 0.3 is 0 Å². The van der Waals surface area contributed by atoms with Crippen molar-refractivity contribution in [3.05, 3.63) is 41.6 Å². The Morgan fingerprint density at radius 3 is 2.78 bits per heavy atom. The average molecular weight is 386 g/mol. The molecule has 2 N–H and O–H groups in total. The van der Waals surface area contributed by atoms with Gasteiger partial charge < -0.3 is 20.3 Å². The monoisotopic (exact) mass is 385 g/mol. The highest BCUT2D eigenvalue weighted by atomic mass is 32.1. The highest BCUT2D eigenvalue weighted by molar-refractivity contribution is 7.80. The van der Waals surface area contributed by atoms with Crippen LogP contribution in [0.5, 0.6) is 5.75 Å². The Labute approximate surface area is 166 Å². The minimum absolute atomic E-state index is 0.509. The molecule has 6 nitrogen and oxygen atoms in total. The molecule has 2 heterocycles. The van der Waals surface area contributed by atoms with Gasteiger partial charge in [-0.3, -0.25) is 0 Å². The molecule has 27 heavy (non-hydrogen) atoms. The summed E-state index contributed by atoms with van der Waals surface area (Å²) in [4.78, 5) is 11.5. The topological polar surface area (TPSA) is 62.3 Å². The highest BCUT2D eigenvalue weighted by Crippen LogP contribution is 2.22. The lowest BCUT2D eigenvalue weighted by molar-refractivity contribution is 0.414. The van der Waals surface area contributed by atoms with Crippen molar-refractivity contribution in [2.45, 2.75) is 33.2 Å². The maximum atomic E-state index is 5.41. The van der Waals surface area contributed by atoms with Gasteiger partial charge in [0.1, 0.15) is 11.6 Å². The summed E-state index contributed by atoms with van der Waals surface area (Å²) in [5, 5.41) is 6.82. The first-order valence-corrected chi connectivity index (χ1v) is 9.72. The summed E-state index contributed by atoms with van der Waals surface area (Å²) >= 11 is 5.41. The largest absolute Gasteiger partial charge is 0.497 e. The van der Waals surface area contributed by atoms with Crippen molar-refractivity contribution in [3.8, 4) is 5.75 Å². The lowest BCUT2D eigenvalue weighted by Gasteiger charge is -2.32. The second-order valence-corrected chi connectivity index (χ2v) is 7.45. The summed E-state index contributed by atoms with van der Waals surface area (Å²) in [6, 6.07) is 9.92. The molecule has 1 aromatic heterocycles. The van der Waals surface area contributed by atoms with Crippen molar-refractivity contribution in [2.75, 3.05) is 30.4 Å². The van der Waals surface area contributed by atoms with Crippen molar-refractivity contribution in [1.82, 2.24) is 15.3 Å². The van der Waals surface area contributed by atoms with E-state index in [9.17, 15) is 0 Å². The lowest BCUT2D eigenvalue weighted by Crippen LogP contribution is -2.35. The predicted octanol–water partition coefficient (Wildman–Crippen LogP) is 3.52. The van der Waals surface area contributed by atoms with Gasteiger partial charge in [-0.25, -0.2) is 4.98 Å². The quantitative estimate of drug-likeness (QED) is 0.764. The van der Waals surface area contributed by atoms with E-state index in [-0.39, 0.29) is 0 Å². The normalized spacial score (nSPS) is 16.7. The molecule has 1 atom stereocenters. The van der Waals surface area contributed by atoms with Crippen LogP contribution in [0.1, 0.15) is 31.0 Å². The van der Waals surface area contributed by atoms with Gasteiger partial charge in [0.2, 0.25) is 5.95 Å². The second-order valence-electron chi connectivity index (χ2n) is 7.04. The summed E-state index contributed by atoms with van der Waals surface area (Å²) in [5.41, 5.74) is 2.05. The van der Waals surface area contributed by atoms with Gasteiger partial charge in [0.15, 0.2) is 5.11 Å². The fourth-order valence-electron chi connectivity index (χ4n) is 3.24. The fourth-order valence-corrected chi connectivity index (χ4v) is 3.40. The molecule has 0 saturated carbocycles. The molecule has 0 aliphatic carbocycles. The number of nitrogens with one attached hydrogen (secondary N) is 2. The third-order valence-corrected chi connectivity index (χ3v) is 4.91. The highest BCUT2D eigenvalue weighted by Gasteiger charge is 2.18. The summed E-state index contributed by atoms with van der Waals surface area (Å²) in [5.74, 6) is 3.04. The van der Waals surface area contributed by atoms with E-state index in [1.165, 1.54) is 12.8 Å². The van der Waals surface area contributed by atoms with Crippen molar-refractivity contribution < 1.29 is 4.74 Å². The summed E-state index contributed by atoms with van der Waals surface area (Å²) in [7, 11) is 1.66. The Balaban J connectivity index is 1.59. The molecule has 1 unspecified atom stereocenters. The number of hydrogen-bond acceptors (Lipinski definition) is 5. The third-order valence-electron chi connectivity index (χ3n) is 4.66. The first-order chi connectivity index (χ1) is 13.0. The first kappa shape index (κ1) is 19.4. The number of aromatic nitrogens is 2. The molecular weight excluding hydrogens is 358 g/mol. The fraction of sp³-hybridized carbons (Fsp3) is 0.450. The molecule has 0 amide bonds. The number of rotatable bonds is 5. The lowest BCUT2D eigenvalue weighted by atomic mass is 10.0. The molecule has 0 bridgehead atoms. The number of aryl methyl sites for hydroxylation is 1. The van der Waals surface area contributed by atoms with Gasteiger partial charge in [-0.2, -0.15) is 4.98 Å². The minimum Gasteiger partial charge on any atom is -0.497 e. The molecule has 1 fully saturated rings. The SMILES string of the molecule is COc1ccc(CNC(=S)Nc2nc(C)cc(N3CCCC(C)C3)n2)cc1. The van der Waals surface area contributed by atoms with Crippen LogP contribution in [0.15, 0.2) is 30.3 Å². The number of ether oxygens (including phenoxy) is 1. The maximum absolute atomic E-state index is 5.41. The van der Waals surface area contributed by atoms with Crippen LogP contribution in [0.2, 0.25) is 0 Å². The zero-order valence-corrected chi connectivity index (χ0v) is 17.0. The standard InChI is InChI=1S/C20H27N5OS/c1-14-5-4-10-25(13-14)18-11-15(2)22-19(23-18)24-20(27)21-12-16-6-8-17(26-3)9-7-16/h6-9,11,14H,4-5,10,12-13H2,1-3H3,(H2,21,22,23,24,27). The van der Waals surface area contributed by atoms with Crippen molar-refractivity contribution in [1.29, 1.82) is 0 Å². The van der Waals surface area contributed by atoms with Crippen LogP contribution in [-0.2, 0) is 6.54 Å². The molecule has 0 radical (unpaired) electrons. The molecule has 7 heteroatoms. The molecule has 1 saturated heterocycles. The number of methoxy groups -OCH3 is 1. The number of thiocarbonyl (C=S) groups is 1. The number of anilines is 2. The van der Waals surface area contributed by atoms with E-state index in [1.54, 1.807) is 7.11 Å². The maximum Gasteiger partial charge on any atom is 0.231 e. The van der Waals surface area contributed by atoms with Gasteiger partial charge in [0.05, 0.1) is 7.11 Å². The smallest absolute Gasteiger partial charge is 0.231 e. The average Bonchev–Trinajstić information content (AvgIpc) is 2.66. The number of hydrogen-bond donors (Lipinski definition) is 2. The summed E-state index contributed by atoms with van der Waals surface area (Å²) in [6.07, 6.45) is 2.49. The molecule has 0 spiro atoms. The van der Waals surface area contributed by atoms with E-state index in [0.717, 1.165) is 35.9 Å². The molecule has 1 aromatic carbocycles. The molecule has 2 aromatic rings. The third kappa shape index (κ3) is 5.53. The zero-order chi connectivity index (χ0) is 19.2. The summed E-state index contributed by atoms with van der Waals surface area (Å²) in [6.45, 7) is 6.98. The molecule has 3 rings (SSSR count). The van der Waals surface area contributed by atoms with Crippen LogP contribution in [-0.4, -0.2) is 35.3 Å². The van der Waals surface area contributed by atoms with Gasteiger partial charge in [-0.05, 0) is 55.6 Å². The zero-order valence-electron chi connectivity index (χ0n) is 16.2. The minimum atomic E-state index is 0.509. The van der Waals surface area contributed by atoms with E-state index in [0.29, 0.717) is 23.5 Å². The first-order valence-electron chi connectivity index (χ1n) is 9.32. The number of nitrogens with zero attached hydrogens (tertiary/aromatic N) is 3. The van der Waals surface area contributed by atoms with Gasteiger partial charge in [-0.1, -0.05) is 19.1 Å². The molecule has 1 aliphatic heterocycles. The Morgan fingerprint density at radius 1 is 1.30 bits per heavy atom. The molecule has 144 valence electrons. The predicted molar refractivity (Wildman–Crippen MR) is 113 cm³/mol. The van der Waals surface area contributed by atoms with Crippen LogP contribution in [0.4, 0.5) is 11.8 Å². The van der Waals surface area contributed by atoms with E-state index in [2.05, 4.69) is 32.4 Å². The summed E-state index contributed by atoms with van der Waals surface area (Å²) < 4.78 is 5.17. The Bertz CT molecular complexity index is 780. The van der Waals surface area contributed by atoms with Gasteiger partial charge in [-0.15, -0.1) is 0 Å². The van der Waals surface area contributed by atoms with Crippen molar-refractivity contribution in [3.63, 3.8) is 0 Å². The van der Waals surface area contributed by atoms with Crippen LogP contribution < -0.4 is 20.3 Å².